The fourth-order valence-electron chi connectivity index (χ4n) is 2.24. The van der Waals surface area contributed by atoms with Crippen LogP contribution < -0.4 is 11.1 Å². The van der Waals surface area contributed by atoms with E-state index in [9.17, 15) is 4.79 Å². The zero-order valence-corrected chi connectivity index (χ0v) is 13.9. The summed E-state index contributed by atoms with van der Waals surface area (Å²) in [5, 5.41) is 7.08. The van der Waals surface area contributed by atoms with Gasteiger partial charge in [-0.1, -0.05) is 44.2 Å². The summed E-state index contributed by atoms with van der Waals surface area (Å²) in [5.74, 6) is 0.138. The first-order valence-corrected chi connectivity index (χ1v) is 7.11. The Balaban J connectivity index is 0.00000242. The minimum Gasteiger partial charge on any atom is -0.349 e. The van der Waals surface area contributed by atoms with Crippen molar-refractivity contribution in [1.82, 2.24) is 15.1 Å². The van der Waals surface area contributed by atoms with Crippen LogP contribution in [0.2, 0.25) is 0 Å². The summed E-state index contributed by atoms with van der Waals surface area (Å²) in [6.07, 6.45) is 0. The summed E-state index contributed by atoms with van der Waals surface area (Å²) in [5.41, 5.74) is 8.53. The lowest BCUT2D eigenvalue weighted by molar-refractivity contribution is 0.0945. The predicted molar refractivity (Wildman–Crippen MR) is 90.2 cm³/mol. The lowest BCUT2D eigenvalue weighted by Crippen LogP contribution is -2.32. The van der Waals surface area contributed by atoms with E-state index in [0.717, 1.165) is 11.3 Å². The Morgan fingerprint density at radius 2 is 1.95 bits per heavy atom. The van der Waals surface area contributed by atoms with Gasteiger partial charge in [0.25, 0.3) is 5.91 Å². The smallest absolute Gasteiger partial charge is 0.271 e. The molecule has 2 aromatic rings. The van der Waals surface area contributed by atoms with Gasteiger partial charge in [0.05, 0.1) is 0 Å². The van der Waals surface area contributed by atoms with E-state index >= 15 is 0 Å². The van der Waals surface area contributed by atoms with Crippen molar-refractivity contribution in [2.45, 2.75) is 25.8 Å². The largest absolute Gasteiger partial charge is 0.349 e. The van der Waals surface area contributed by atoms with Crippen LogP contribution in [-0.4, -0.2) is 22.2 Å². The zero-order chi connectivity index (χ0) is 15.4. The first-order valence-electron chi connectivity index (χ1n) is 7.11. The van der Waals surface area contributed by atoms with E-state index in [1.54, 1.807) is 4.68 Å². The Kier molecular flexibility index (Phi) is 6.59. The third-order valence-electron chi connectivity index (χ3n) is 3.45. The van der Waals surface area contributed by atoms with E-state index in [1.807, 2.05) is 43.4 Å². The number of nitrogens with zero attached hydrogens (tertiary/aromatic N) is 2. The number of aromatic nitrogens is 2. The van der Waals surface area contributed by atoms with Crippen LogP contribution in [0.3, 0.4) is 0 Å². The molecule has 0 bridgehead atoms. The molecule has 5 nitrogen and oxygen atoms in total. The van der Waals surface area contributed by atoms with Gasteiger partial charge in [0.15, 0.2) is 0 Å². The molecule has 0 saturated heterocycles. The number of hydrogen-bond donors (Lipinski definition) is 2. The number of halogens is 1. The molecule has 2 rings (SSSR count). The first-order chi connectivity index (χ1) is 9.99. The average Bonchev–Trinajstić information content (AvgIpc) is 2.87. The highest BCUT2D eigenvalue weighted by Gasteiger charge is 2.15. The van der Waals surface area contributed by atoms with Crippen LogP contribution in [0.15, 0.2) is 36.4 Å². The van der Waals surface area contributed by atoms with Crippen molar-refractivity contribution in [2.24, 2.45) is 12.8 Å². The number of aryl methyl sites for hydroxylation is 1. The molecule has 0 aliphatic carbocycles. The van der Waals surface area contributed by atoms with Crippen LogP contribution in [0.5, 0.6) is 0 Å². The number of hydrogen-bond acceptors (Lipinski definition) is 3. The van der Waals surface area contributed by atoms with Gasteiger partial charge in [-0.15, -0.1) is 12.4 Å². The van der Waals surface area contributed by atoms with E-state index in [0.29, 0.717) is 18.2 Å². The molecule has 3 N–H and O–H groups in total. The topological polar surface area (TPSA) is 72.9 Å². The minimum absolute atomic E-state index is 0. The van der Waals surface area contributed by atoms with Crippen molar-refractivity contribution < 1.29 is 4.79 Å². The molecule has 0 fully saturated rings. The van der Waals surface area contributed by atoms with Crippen LogP contribution in [0, 0.1) is 0 Å². The maximum atomic E-state index is 12.1. The number of carbonyl (C=O) groups is 1. The molecule has 1 unspecified atom stereocenters. The van der Waals surface area contributed by atoms with Crippen molar-refractivity contribution in [2.75, 3.05) is 6.54 Å². The van der Waals surface area contributed by atoms with Crippen LogP contribution in [0.1, 0.15) is 47.6 Å². The van der Waals surface area contributed by atoms with Gasteiger partial charge in [0, 0.05) is 25.3 Å². The number of rotatable bonds is 5. The monoisotopic (exact) mass is 322 g/mol. The molecule has 1 aromatic heterocycles. The highest BCUT2D eigenvalue weighted by molar-refractivity contribution is 5.92. The van der Waals surface area contributed by atoms with Gasteiger partial charge < -0.3 is 11.1 Å². The predicted octanol–water partition coefficient (Wildman–Crippen LogP) is 2.40. The zero-order valence-electron chi connectivity index (χ0n) is 13.1. The maximum absolute atomic E-state index is 12.1. The summed E-state index contributed by atoms with van der Waals surface area (Å²) in [4.78, 5) is 12.1. The molecule has 0 saturated carbocycles. The lowest BCUT2D eigenvalue weighted by atomic mass is 10.1. The van der Waals surface area contributed by atoms with Gasteiger partial charge in [0.1, 0.15) is 5.69 Å². The molecule has 1 aromatic carbocycles. The molecule has 1 atom stereocenters. The summed E-state index contributed by atoms with van der Waals surface area (Å²) < 4.78 is 1.75. The number of nitrogens with one attached hydrogen (secondary N) is 1. The van der Waals surface area contributed by atoms with Crippen molar-refractivity contribution in [3.8, 4) is 0 Å². The number of nitrogens with two attached hydrogens (primary N) is 1. The molecule has 0 spiro atoms. The second-order valence-corrected chi connectivity index (χ2v) is 5.46. The van der Waals surface area contributed by atoms with Gasteiger partial charge in [-0.3, -0.25) is 9.48 Å². The average molecular weight is 323 g/mol. The summed E-state index contributed by atoms with van der Waals surface area (Å²) in [7, 11) is 1.85. The first kappa shape index (κ1) is 18.2. The summed E-state index contributed by atoms with van der Waals surface area (Å²) in [6, 6.07) is 11.3. The van der Waals surface area contributed by atoms with Crippen molar-refractivity contribution in [3.05, 3.63) is 53.3 Å². The van der Waals surface area contributed by atoms with Crippen LogP contribution in [0.4, 0.5) is 0 Å². The standard InChI is InChI=1S/C16H22N4O.ClH/c1-11(2)15-9-14(19-20(15)3)16(21)18-10-13(17)12-7-5-4-6-8-12;/h4-9,11,13H,10,17H2,1-3H3,(H,18,21);1H. The van der Waals surface area contributed by atoms with Crippen molar-refractivity contribution >= 4 is 18.3 Å². The molecule has 1 amide bonds. The third-order valence-corrected chi connectivity index (χ3v) is 3.45. The minimum atomic E-state index is -0.219. The van der Waals surface area contributed by atoms with E-state index < -0.39 is 0 Å². The highest BCUT2D eigenvalue weighted by atomic mass is 35.5. The Morgan fingerprint density at radius 3 is 2.50 bits per heavy atom. The van der Waals surface area contributed by atoms with Gasteiger partial charge in [-0.05, 0) is 17.5 Å². The molecule has 0 radical (unpaired) electrons. The van der Waals surface area contributed by atoms with Gasteiger partial charge >= 0.3 is 0 Å². The second kappa shape index (κ2) is 7.96. The Bertz CT molecular complexity index is 610. The van der Waals surface area contributed by atoms with Gasteiger partial charge in [-0.25, -0.2) is 0 Å². The second-order valence-electron chi connectivity index (χ2n) is 5.46. The third kappa shape index (κ3) is 4.32. The Hall–Kier alpha value is -1.85. The summed E-state index contributed by atoms with van der Waals surface area (Å²) in [6.45, 7) is 4.53. The molecule has 0 aliphatic heterocycles. The van der Waals surface area contributed by atoms with Crippen molar-refractivity contribution in [3.63, 3.8) is 0 Å². The quantitative estimate of drug-likeness (QED) is 0.887. The Labute approximate surface area is 137 Å². The Morgan fingerprint density at radius 1 is 1.32 bits per heavy atom. The van der Waals surface area contributed by atoms with E-state index in [-0.39, 0.29) is 24.4 Å². The van der Waals surface area contributed by atoms with Gasteiger partial charge in [0.2, 0.25) is 0 Å². The van der Waals surface area contributed by atoms with Crippen LogP contribution >= 0.6 is 12.4 Å². The van der Waals surface area contributed by atoms with Crippen LogP contribution in [-0.2, 0) is 7.05 Å². The molecule has 0 aliphatic rings. The molecular weight excluding hydrogens is 300 g/mol. The number of carbonyl (C=O) groups excluding carboxylic acids is 1. The van der Waals surface area contributed by atoms with E-state index in [1.165, 1.54) is 0 Å². The SMILES string of the molecule is CC(C)c1cc(C(=O)NCC(N)c2ccccc2)nn1C.Cl. The molecular formula is C16H23ClN4O. The fourth-order valence-corrected chi connectivity index (χ4v) is 2.24. The highest BCUT2D eigenvalue weighted by Crippen LogP contribution is 2.15. The number of amides is 1. The van der Waals surface area contributed by atoms with Crippen molar-refractivity contribution in [1.29, 1.82) is 0 Å². The lowest BCUT2D eigenvalue weighted by Gasteiger charge is -2.12. The molecule has 22 heavy (non-hydrogen) atoms. The number of benzene rings is 1. The molecule has 1 heterocycles. The van der Waals surface area contributed by atoms with Gasteiger partial charge in [-0.2, -0.15) is 5.10 Å². The van der Waals surface area contributed by atoms with Crippen LogP contribution in [0.25, 0.3) is 0 Å². The van der Waals surface area contributed by atoms with E-state index in [4.69, 9.17) is 5.73 Å². The normalized spacial score (nSPS) is 11.9. The summed E-state index contributed by atoms with van der Waals surface area (Å²) >= 11 is 0. The van der Waals surface area contributed by atoms with E-state index in [2.05, 4.69) is 24.3 Å². The maximum Gasteiger partial charge on any atom is 0.271 e. The molecule has 6 heteroatoms. The molecule has 120 valence electrons. The fraction of sp³-hybridized carbons (Fsp3) is 0.375.